The van der Waals surface area contributed by atoms with E-state index in [4.69, 9.17) is 11.6 Å². The largest absolute Gasteiger partial charge is 0.240 e. The summed E-state index contributed by atoms with van der Waals surface area (Å²) in [6.45, 7) is 1.89. The molecule has 3 nitrogen and oxygen atoms in total. The molecule has 0 saturated carbocycles. The zero-order valence-corrected chi connectivity index (χ0v) is 10.1. The number of hydrogen-bond acceptors (Lipinski definition) is 2. The van der Waals surface area contributed by atoms with Crippen LogP contribution in [0.25, 0.3) is 0 Å². The lowest BCUT2D eigenvalue weighted by Crippen LogP contribution is -2.35. The van der Waals surface area contributed by atoms with Crippen LogP contribution in [-0.4, -0.2) is 20.3 Å². The number of sulfonamides is 1. The van der Waals surface area contributed by atoms with E-state index >= 15 is 0 Å². The Hall–Kier alpha value is -0.580. The summed E-state index contributed by atoms with van der Waals surface area (Å²) in [7, 11) is -3.42. The molecule has 0 fully saturated rings. The number of rotatable bonds is 5. The van der Waals surface area contributed by atoms with Crippen LogP contribution in [0.3, 0.4) is 0 Å². The van der Waals surface area contributed by atoms with E-state index in [0.29, 0.717) is 6.42 Å². The number of halogens is 1. The van der Waals surface area contributed by atoms with Gasteiger partial charge in [0.1, 0.15) is 0 Å². The Morgan fingerprint density at radius 2 is 1.93 bits per heavy atom. The first kappa shape index (κ1) is 12.5. The van der Waals surface area contributed by atoms with Crippen molar-refractivity contribution in [3.05, 3.63) is 30.3 Å². The summed E-state index contributed by atoms with van der Waals surface area (Å²) in [6.07, 6.45) is 0.676. The van der Waals surface area contributed by atoms with Gasteiger partial charge < -0.3 is 0 Å². The van der Waals surface area contributed by atoms with Crippen LogP contribution in [0, 0.1) is 0 Å². The molecule has 1 N–H and O–H groups in total. The summed E-state index contributed by atoms with van der Waals surface area (Å²) in [4.78, 5) is 0.272. The summed E-state index contributed by atoms with van der Waals surface area (Å²) >= 11 is 5.63. The van der Waals surface area contributed by atoms with E-state index in [2.05, 4.69) is 4.72 Å². The Balaban J connectivity index is 2.85. The predicted octanol–water partition coefficient (Wildman–Crippen LogP) is 1.98. The molecular formula is C10H14ClNO2S. The molecule has 1 rings (SSSR count). The quantitative estimate of drug-likeness (QED) is 0.809. The van der Waals surface area contributed by atoms with Gasteiger partial charge in [-0.2, -0.15) is 0 Å². The third kappa shape index (κ3) is 3.48. The van der Waals surface area contributed by atoms with Crippen LogP contribution in [0.15, 0.2) is 35.2 Å². The highest BCUT2D eigenvalue weighted by atomic mass is 35.5. The summed E-state index contributed by atoms with van der Waals surface area (Å²) in [5, 5.41) is 0. The second-order valence-corrected chi connectivity index (χ2v) is 5.22. The van der Waals surface area contributed by atoms with Crippen LogP contribution >= 0.6 is 11.6 Å². The normalized spacial score (nSPS) is 13.7. The van der Waals surface area contributed by atoms with Crippen LogP contribution in [-0.2, 0) is 10.0 Å². The highest BCUT2D eigenvalue weighted by molar-refractivity contribution is 7.89. The lowest BCUT2D eigenvalue weighted by Gasteiger charge is -2.13. The van der Waals surface area contributed by atoms with Crippen LogP contribution in [0.5, 0.6) is 0 Å². The van der Waals surface area contributed by atoms with Crippen molar-refractivity contribution in [2.75, 3.05) is 5.88 Å². The van der Waals surface area contributed by atoms with Crippen molar-refractivity contribution < 1.29 is 8.42 Å². The third-order valence-electron chi connectivity index (χ3n) is 2.05. The van der Waals surface area contributed by atoms with Crippen LogP contribution in [0.1, 0.15) is 13.3 Å². The van der Waals surface area contributed by atoms with Gasteiger partial charge in [-0.05, 0) is 18.6 Å². The molecule has 84 valence electrons. The molecule has 0 radical (unpaired) electrons. The lowest BCUT2D eigenvalue weighted by atomic mass is 10.3. The molecule has 0 aliphatic heterocycles. The molecule has 0 heterocycles. The van der Waals surface area contributed by atoms with Crippen LogP contribution < -0.4 is 4.72 Å². The highest BCUT2D eigenvalue weighted by Gasteiger charge is 2.17. The van der Waals surface area contributed by atoms with Crippen molar-refractivity contribution in [2.24, 2.45) is 0 Å². The summed E-state index contributed by atoms with van der Waals surface area (Å²) in [5.41, 5.74) is 0. The fourth-order valence-electron chi connectivity index (χ4n) is 1.11. The lowest BCUT2D eigenvalue weighted by molar-refractivity contribution is 0.557. The maximum atomic E-state index is 11.8. The summed E-state index contributed by atoms with van der Waals surface area (Å²) in [6, 6.07) is 8.06. The van der Waals surface area contributed by atoms with Crippen LogP contribution in [0.4, 0.5) is 0 Å². The smallest absolute Gasteiger partial charge is 0.207 e. The molecule has 1 aromatic rings. The summed E-state index contributed by atoms with van der Waals surface area (Å²) in [5.74, 6) is 0.280. The Labute approximate surface area is 95.5 Å². The molecule has 0 spiro atoms. The second kappa shape index (κ2) is 5.49. The van der Waals surface area contributed by atoms with Gasteiger partial charge in [-0.3, -0.25) is 0 Å². The number of benzene rings is 1. The maximum Gasteiger partial charge on any atom is 0.240 e. The molecule has 0 aliphatic rings. The van der Waals surface area contributed by atoms with Gasteiger partial charge in [0.05, 0.1) is 4.90 Å². The molecule has 0 saturated heterocycles. The minimum Gasteiger partial charge on any atom is -0.207 e. The van der Waals surface area contributed by atoms with Gasteiger partial charge in [-0.1, -0.05) is 25.1 Å². The van der Waals surface area contributed by atoms with Gasteiger partial charge in [0, 0.05) is 11.9 Å². The summed E-state index contributed by atoms with van der Waals surface area (Å²) < 4.78 is 26.1. The molecular weight excluding hydrogens is 234 g/mol. The Kier molecular flexibility index (Phi) is 4.57. The fourth-order valence-corrected chi connectivity index (χ4v) is 2.84. The van der Waals surface area contributed by atoms with Crippen molar-refractivity contribution in [3.8, 4) is 0 Å². The molecule has 0 bridgehead atoms. The monoisotopic (exact) mass is 247 g/mol. The van der Waals surface area contributed by atoms with E-state index in [1.807, 2.05) is 6.92 Å². The average molecular weight is 248 g/mol. The fraction of sp³-hybridized carbons (Fsp3) is 0.400. The van der Waals surface area contributed by atoms with Crippen molar-refractivity contribution in [3.63, 3.8) is 0 Å². The molecule has 5 heteroatoms. The van der Waals surface area contributed by atoms with E-state index in [-0.39, 0.29) is 16.8 Å². The second-order valence-electron chi connectivity index (χ2n) is 3.19. The molecule has 15 heavy (non-hydrogen) atoms. The first-order valence-corrected chi connectivity index (χ1v) is 6.75. The Morgan fingerprint density at radius 3 is 2.40 bits per heavy atom. The maximum absolute atomic E-state index is 11.8. The van der Waals surface area contributed by atoms with E-state index < -0.39 is 10.0 Å². The standard InChI is InChI=1S/C10H14ClNO2S/c1-2-9(8-11)12-15(13,14)10-6-4-3-5-7-10/h3-7,9,12H,2,8H2,1H3. The van der Waals surface area contributed by atoms with Crippen molar-refractivity contribution in [1.82, 2.24) is 4.72 Å². The van der Waals surface area contributed by atoms with Gasteiger partial charge in [-0.15, -0.1) is 11.6 Å². The first-order chi connectivity index (χ1) is 7.10. The third-order valence-corrected chi connectivity index (χ3v) is 3.96. The zero-order valence-electron chi connectivity index (χ0n) is 8.48. The number of alkyl halides is 1. The average Bonchev–Trinajstić information content (AvgIpc) is 2.27. The van der Waals surface area contributed by atoms with E-state index in [0.717, 1.165) is 0 Å². The van der Waals surface area contributed by atoms with Crippen molar-refractivity contribution >= 4 is 21.6 Å². The Bertz CT molecular complexity index is 387. The predicted molar refractivity (Wildman–Crippen MR) is 61.6 cm³/mol. The molecule has 0 amide bonds. The van der Waals surface area contributed by atoms with E-state index in [9.17, 15) is 8.42 Å². The molecule has 1 unspecified atom stereocenters. The van der Waals surface area contributed by atoms with Crippen molar-refractivity contribution in [1.29, 1.82) is 0 Å². The van der Waals surface area contributed by atoms with Gasteiger partial charge in [0.15, 0.2) is 0 Å². The minimum absolute atomic E-state index is 0.211. The minimum atomic E-state index is -3.42. The highest BCUT2D eigenvalue weighted by Crippen LogP contribution is 2.09. The first-order valence-electron chi connectivity index (χ1n) is 4.73. The van der Waals surface area contributed by atoms with E-state index in [1.54, 1.807) is 30.3 Å². The molecule has 0 aromatic heterocycles. The zero-order chi connectivity index (χ0) is 11.3. The molecule has 1 aromatic carbocycles. The van der Waals surface area contributed by atoms with E-state index in [1.165, 1.54) is 0 Å². The Morgan fingerprint density at radius 1 is 1.33 bits per heavy atom. The van der Waals surface area contributed by atoms with Gasteiger partial charge in [0.2, 0.25) is 10.0 Å². The number of hydrogen-bond donors (Lipinski definition) is 1. The molecule has 0 aliphatic carbocycles. The van der Waals surface area contributed by atoms with Gasteiger partial charge >= 0.3 is 0 Å². The number of nitrogens with one attached hydrogen (secondary N) is 1. The molecule has 1 atom stereocenters. The SMILES string of the molecule is CCC(CCl)NS(=O)(=O)c1ccccc1. The van der Waals surface area contributed by atoms with Gasteiger partial charge in [0.25, 0.3) is 0 Å². The van der Waals surface area contributed by atoms with Crippen LogP contribution in [0.2, 0.25) is 0 Å². The topological polar surface area (TPSA) is 46.2 Å². The van der Waals surface area contributed by atoms with Gasteiger partial charge in [-0.25, -0.2) is 13.1 Å². The van der Waals surface area contributed by atoms with Crippen molar-refractivity contribution in [2.45, 2.75) is 24.3 Å².